The van der Waals surface area contributed by atoms with Crippen molar-refractivity contribution < 1.29 is 23.8 Å². The Morgan fingerprint density at radius 1 is 1.04 bits per heavy atom. The Kier molecular flexibility index (Phi) is 4.11. The van der Waals surface area contributed by atoms with Crippen molar-refractivity contribution in [3.8, 4) is 0 Å². The predicted molar refractivity (Wildman–Crippen MR) is 87.7 cm³/mol. The molecule has 0 radical (unpaired) electrons. The van der Waals surface area contributed by atoms with Crippen LogP contribution >= 0.6 is 0 Å². The Hall–Kier alpha value is -2.15. The second-order valence-electron chi connectivity index (χ2n) is 6.94. The quantitative estimate of drug-likeness (QED) is 0.893. The minimum absolute atomic E-state index is 0.132. The lowest BCUT2D eigenvalue weighted by molar-refractivity contribution is -0.151. The Balaban J connectivity index is 1.43. The van der Waals surface area contributed by atoms with E-state index in [1.165, 1.54) is 6.07 Å². The van der Waals surface area contributed by atoms with Crippen LogP contribution in [0.3, 0.4) is 0 Å². The zero-order chi connectivity index (χ0) is 17.6. The molecule has 1 N–H and O–H groups in total. The van der Waals surface area contributed by atoms with Crippen LogP contribution in [0, 0.1) is 17.7 Å². The Labute approximate surface area is 145 Å². The van der Waals surface area contributed by atoms with Gasteiger partial charge in [0.2, 0.25) is 5.91 Å². The number of nitrogens with zero attached hydrogens (tertiary/aromatic N) is 2. The molecular formula is C18H21FN2O4. The summed E-state index contributed by atoms with van der Waals surface area (Å²) in [6, 6.07) is 6.60. The molecule has 0 aliphatic carbocycles. The molecule has 3 heterocycles. The van der Waals surface area contributed by atoms with Crippen molar-refractivity contribution in [3.05, 3.63) is 30.1 Å². The molecular weight excluding hydrogens is 327 g/mol. The van der Waals surface area contributed by atoms with E-state index in [1.54, 1.807) is 23.1 Å². The van der Waals surface area contributed by atoms with E-state index in [9.17, 15) is 19.1 Å². The van der Waals surface area contributed by atoms with Crippen molar-refractivity contribution in [2.24, 2.45) is 11.8 Å². The zero-order valence-electron chi connectivity index (χ0n) is 13.8. The number of benzene rings is 1. The normalized spacial score (nSPS) is 31.4. The van der Waals surface area contributed by atoms with Gasteiger partial charge in [-0.05, 0) is 25.0 Å². The fraction of sp³-hybridized carbons (Fsp3) is 0.556. The van der Waals surface area contributed by atoms with Crippen LogP contribution in [-0.2, 0) is 14.3 Å². The van der Waals surface area contributed by atoms with Gasteiger partial charge in [0.15, 0.2) is 0 Å². The van der Waals surface area contributed by atoms with Gasteiger partial charge in [0, 0.05) is 26.2 Å². The highest BCUT2D eigenvalue weighted by Gasteiger charge is 2.56. The van der Waals surface area contributed by atoms with Crippen molar-refractivity contribution in [3.63, 3.8) is 0 Å². The minimum atomic E-state index is -0.949. The third-order valence-electron chi connectivity index (χ3n) is 5.63. The van der Waals surface area contributed by atoms with Crippen LogP contribution in [0.1, 0.15) is 12.8 Å². The maximum atomic E-state index is 13.9. The lowest BCUT2D eigenvalue weighted by atomic mass is 9.78. The number of carboxylic acid groups (broad SMARTS) is 1. The second-order valence-corrected chi connectivity index (χ2v) is 6.94. The van der Waals surface area contributed by atoms with E-state index in [4.69, 9.17) is 4.74 Å². The summed E-state index contributed by atoms with van der Waals surface area (Å²) in [5, 5.41) is 9.47. The van der Waals surface area contributed by atoms with Crippen molar-refractivity contribution in [2.75, 3.05) is 31.1 Å². The van der Waals surface area contributed by atoms with Crippen LogP contribution < -0.4 is 4.90 Å². The highest BCUT2D eigenvalue weighted by atomic mass is 19.1. The summed E-state index contributed by atoms with van der Waals surface area (Å²) < 4.78 is 19.6. The molecule has 2 bridgehead atoms. The zero-order valence-corrected chi connectivity index (χ0v) is 13.8. The van der Waals surface area contributed by atoms with E-state index in [0.717, 1.165) is 6.42 Å². The van der Waals surface area contributed by atoms with Crippen molar-refractivity contribution >= 4 is 17.6 Å². The van der Waals surface area contributed by atoms with Gasteiger partial charge in [-0.15, -0.1) is 0 Å². The number of carbonyl (C=O) groups excluding carboxylic acids is 1. The van der Waals surface area contributed by atoms with Gasteiger partial charge in [0.05, 0.1) is 29.7 Å². The highest BCUT2D eigenvalue weighted by Crippen LogP contribution is 2.44. The summed E-state index contributed by atoms with van der Waals surface area (Å²) in [5.74, 6) is -2.68. The average Bonchev–Trinajstić information content (AvgIpc) is 3.23. The van der Waals surface area contributed by atoms with Crippen molar-refractivity contribution in [2.45, 2.75) is 25.0 Å². The van der Waals surface area contributed by atoms with Crippen LogP contribution in [0.2, 0.25) is 0 Å². The fourth-order valence-electron chi connectivity index (χ4n) is 4.39. The number of fused-ring (bicyclic) bond motifs is 2. The molecule has 6 nitrogen and oxygen atoms in total. The molecule has 0 unspecified atom stereocenters. The van der Waals surface area contributed by atoms with Gasteiger partial charge in [-0.1, -0.05) is 12.1 Å². The maximum Gasteiger partial charge on any atom is 0.310 e. The van der Waals surface area contributed by atoms with Crippen LogP contribution in [0.5, 0.6) is 0 Å². The summed E-state index contributed by atoms with van der Waals surface area (Å²) in [6.45, 7) is 2.00. The molecule has 1 aromatic carbocycles. The van der Waals surface area contributed by atoms with Crippen LogP contribution in [0.15, 0.2) is 24.3 Å². The molecule has 0 aromatic heterocycles. The smallest absolute Gasteiger partial charge is 0.310 e. The molecule has 7 heteroatoms. The minimum Gasteiger partial charge on any atom is -0.481 e. The lowest BCUT2D eigenvalue weighted by Crippen LogP contribution is -2.53. The maximum absolute atomic E-state index is 13.9. The van der Waals surface area contributed by atoms with Gasteiger partial charge in [0.1, 0.15) is 5.82 Å². The van der Waals surface area contributed by atoms with Crippen molar-refractivity contribution in [1.29, 1.82) is 0 Å². The number of carbonyl (C=O) groups is 2. The Bertz CT molecular complexity index is 689. The van der Waals surface area contributed by atoms with Gasteiger partial charge >= 0.3 is 5.97 Å². The topological polar surface area (TPSA) is 70.1 Å². The Morgan fingerprint density at radius 2 is 1.68 bits per heavy atom. The van der Waals surface area contributed by atoms with Crippen LogP contribution in [-0.4, -0.2) is 60.3 Å². The first-order valence-corrected chi connectivity index (χ1v) is 8.73. The van der Waals surface area contributed by atoms with E-state index in [2.05, 4.69) is 0 Å². The SMILES string of the molecule is O=C(O)[C@@H]1[C@@H](C(=O)N2CCN(c3ccccc3F)CC2)[C@@H]2CC[C@H]1O2. The molecule has 3 aliphatic heterocycles. The first-order valence-electron chi connectivity index (χ1n) is 8.73. The number of para-hydroxylation sites is 1. The number of ether oxygens (including phenoxy) is 1. The number of carboxylic acids is 1. The lowest BCUT2D eigenvalue weighted by Gasteiger charge is -2.38. The molecule has 3 aliphatic rings. The number of hydrogen-bond acceptors (Lipinski definition) is 4. The second kappa shape index (κ2) is 6.29. The molecule has 4 atom stereocenters. The van der Waals surface area contributed by atoms with Gasteiger partial charge in [-0.3, -0.25) is 9.59 Å². The number of piperazine rings is 1. The molecule has 134 valence electrons. The van der Waals surface area contributed by atoms with Crippen LogP contribution in [0.4, 0.5) is 10.1 Å². The third-order valence-corrected chi connectivity index (χ3v) is 5.63. The molecule has 0 spiro atoms. The van der Waals surface area contributed by atoms with Gasteiger partial charge < -0.3 is 19.6 Å². The monoisotopic (exact) mass is 348 g/mol. The standard InChI is InChI=1S/C18H21FN2O4/c19-11-3-1-2-4-12(11)20-7-9-21(10-8-20)17(22)15-13-5-6-14(25-13)16(15)18(23)24/h1-4,13-16H,5-10H2,(H,23,24)/t13-,14+,15-,16-/m0/s1. The van der Waals surface area contributed by atoms with E-state index in [-0.39, 0.29) is 23.9 Å². The summed E-state index contributed by atoms with van der Waals surface area (Å²) in [4.78, 5) is 28.1. The summed E-state index contributed by atoms with van der Waals surface area (Å²) in [5.41, 5.74) is 0.543. The molecule has 1 aromatic rings. The van der Waals surface area contributed by atoms with Crippen molar-refractivity contribution in [1.82, 2.24) is 4.90 Å². The van der Waals surface area contributed by atoms with E-state index < -0.39 is 17.8 Å². The van der Waals surface area contributed by atoms with E-state index in [0.29, 0.717) is 38.3 Å². The van der Waals surface area contributed by atoms with Gasteiger partial charge in [0.25, 0.3) is 0 Å². The molecule has 3 saturated heterocycles. The number of amides is 1. The average molecular weight is 348 g/mol. The summed E-state index contributed by atoms with van der Waals surface area (Å²) >= 11 is 0. The molecule has 3 fully saturated rings. The van der Waals surface area contributed by atoms with Gasteiger partial charge in [-0.25, -0.2) is 4.39 Å². The summed E-state index contributed by atoms with van der Waals surface area (Å²) in [6.07, 6.45) is 0.853. The number of rotatable bonds is 3. The number of aliphatic carboxylic acids is 1. The van der Waals surface area contributed by atoms with Gasteiger partial charge in [-0.2, -0.15) is 0 Å². The van der Waals surface area contributed by atoms with E-state index >= 15 is 0 Å². The Morgan fingerprint density at radius 3 is 2.32 bits per heavy atom. The molecule has 0 saturated carbocycles. The first-order chi connectivity index (χ1) is 12.1. The highest BCUT2D eigenvalue weighted by molar-refractivity contribution is 5.86. The van der Waals surface area contributed by atoms with Crippen LogP contribution in [0.25, 0.3) is 0 Å². The molecule has 25 heavy (non-hydrogen) atoms. The number of halogens is 1. The third kappa shape index (κ3) is 2.76. The summed E-state index contributed by atoms with van der Waals surface area (Å²) in [7, 11) is 0. The number of anilines is 1. The first kappa shape index (κ1) is 16.3. The molecule has 1 amide bonds. The number of hydrogen-bond donors (Lipinski definition) is 1. The van der Waals surface area contributed by atoms with E-state index in [1.807, 2.05) is 4.90 Å². The predicted octanol–water partition coefficient (Wildman–Crippen LogP) is 1.35. The molecule has 4 rings (SSSR count). The fourth-order valence-corrected chi connectivity index (χ4v) is 4.39. The largest absolute Gasteiger partial charge is 0.481 e.